The van der Waals surface area contributed by atoms with Gasteiger partial charge in [0.2, 0.25) is 0 Å². The Morgan fingerprint density at radius 2 is 2.44 bits per heavy atom. The Hall–Kier alpha value is -0.0800. The Labute approximate surface area is 55.6 Å². The summed E-state index contributed by atoms with van der Waals surface area (Å²) in [5.74, 6) is 0.972. The lowest BCUT2D eigenvalue weighted by Crippen LogP contribution is -2.47. The molecule has 0 aromatic heterocycles. The molecular formula is C7H13NO. The van der Waals surface area contributed by atoms with Crippen LogP contribution in [-0.2, 0) is 4.74 Å². The van der Waals surface area contributed by atoms with E-state index >= 15 is 0 Å². The summed E-state index contributed by atoms with van der Waals surface area (Å²) in [6, 6.07) is 0. The van der Waals surface area contributed by atoms with Crippen LogP contribution in [0.25, 0.3) is 0 Å². The third-order valence-corrected chi connectivity index (χ3v) is 2.55. The highest BCUT2D eigenvalue weighted by molar-refractivity contribution is 5.08. The molecule has 0 unspecified atom stereocenters. The first-order valence-corrected chi connectivity index (χ1v) is 3.59. The van der Waals surface area contributed by atoms with E-state index in [9.17, 15) is 0 Å². The lowest BCUT2D eigenvalue weighted by atomic mass is 9.74. The summed E-state index contributed by atoms with van der Waals surface area (Å²) in [5.41, 5.74) is 0.416. The lowest BCUT2D eigenvalue weighted by Gasteiger charge is -2.36. The van der Waals surface area contributed by atoms with Crippen LogP contribution in [0, 0.1) is 5.92 Å². The minimum absolute atomic E-state index is 0.416. The van der Waals surface area contributed by atoms with Crippen molar-refractivity contribution in [1.29, 1.82) is 0 Å². The van der Waals surface area contributed by atoms with Gasteiger partial charge in [-0.05, 0) is 25.3 Å². The third-order valence-electron chi connectivity index (χ3n) is 2.55. The summed E-state index contributed by atoms with van der Waals surface area (Å²) in [6.07, 6.45) is 2.70. The summed E-state index contributed by atoms with van der Waals surface area (Å²) < 4.78 is 5.10. The maximum absolute atomic E-state index is 5.10. The third kappa shape index (κ3) is 0.700. The molecule has 0 aromatic carbocycles. The largest absolute Gasteiger partial charge is 0.383 e. The van der Waals surface area contributed by atoms with Crippen molar-refractivity contribution >= 4 is 0 Å². The van der Waals surface area contributed by atoms with Gasteiger partial charge >= 0.3 is 0 Å². The highest BCUT2D eigenvalue weighted by Crippen LogP contribution is 2.43. The fourth-order valence-corrected chi connectivity index (χ4v) is 2.14. The second-order valence-corrected chi connectivity index (χ2v) is 3.37. The molecule has 9 heavy (non-hydrogen) atoms. The number of rotatable bonds is 2. The first-order valence-electron chi connectivity index (χ1n) is 3.59. The van der Waals surface area contributed by atoms with E-state index in [2.05, 4.69) is 5.32 Å². The summed E-state index contributed by atoms with van der Waals surface area (Å²) in [5, 5.41) is 3.48. The number of hydrogen-bond donors (Lipinski definition) is 1. The Kier molecular flexibility index (Phi) is 1.08. The molecule has 3 rings (SSSR count). The molecule has 2 nitrogen and oxygen atoms in total. The average molecular weight is 127 g/mol. The van der Waals surface area contributed by atoms with Crippen LogP contribution in [0.5, 0.6) is 0 Å². The topological polar surface area (TPSA) is 21.3 Å². The molecule has 0 atom stereocenters. The molecule has 2 heterocycles. The molecule has 0 amide bonds. The van der Waals surface area contributed by atoms with Crippen LogP contribution < -0.4 is 5.32 Å². The molecule has 2 heteroatoms. The molecule has 2 bridgehead atoms. The highest BCUT2D eigenvalue weighted by Gasteiger charge is 2.49. The van der Waals surface area contributed by atoms with Crippen LogP contribution >= 0.6 is 0 Å². The van der Waals surface area contributed by atoms with Crippen LogP contribution in [0.3, 0.4) is 0 Å². The van der Waals surface area contributed by atoms with Crippen LogP contribution in [0.15, 0.2) is 0 Å². The molecule has 1 aliphatic carbocycles. The number of fused-ring (bicyclic) bond motifs is 1. The molecule has 52 valence electrons. The predicted molar refractivity (Wildman–Crippen MR) is 35.3 cm³/mol. The zero-order valence-electron chi connectivity index (χ0n) is 5.81. The van der Waals surface area contributed by atoms with Gasteiger partial charge in [-0.2, -0.15) is 0 Å². The van der Waals surface area contributed by atoms with Crippen molar-refractivity contribution in [3.05, 3.63) is 0 Å². The van der Waals surface area contributed by atoms with Gasteiger partial charge in [-0.3, -0.25) is 0 Å². The molecule has 3 aliphatic rings. The van der Waals surface area contributed by atoms with Gasteiger partial charge in [0.25, 0.3) is 0 Å². The van der Waals surface area contributed by atoms with Crippen LogP contribution in [0.4, 0.5) is 0 Å². The van der Waals surface area contributed by atoms with Crippen molar-refractivity contribution in [2.45, 2.75) is 18.4 Å². The van der Waals surface area contributed by atoms with E-state index in [0.717, 1.165) is 12.5 Å². The Morgan fingerprint density at radius 3 is 2.89 bits per heavy atom. The molecular weight excluding hydrogens is 114 g/mol. The summed E-state index contributed by atoms with van der Waals surface area (Å²) in [4.78, 5) is 0. The number of ether oxygens (including phenoxy) is 1. The Morgan fingerprint density at radius 1 is 1.67 bits per heavy atom. The van der Waals surface area contributed by atoms with Gasteiger partial charge in [0.1, 0.15) is 0 Å². The standard InChI is InChI=1S/C7H13NO/c1-9-5-7-2-6(3-7)4-8-7/h6,8H,2-5H2,1H3. The molecule has 1 saturated carbocycles. The summed E-state index contributed by atoms with van der Waals surface area (Å²) in [7, 11) is 1.78. The molecule has 2 saturated heterocycles. The zero-order chi connectivity index (χ0) is 6.32. The predicted octanol–water partition coefficient (Wildman–Crippen LogP) is 0.385. The minimum atomic E-state index is 0.416. The molecule has 0 spiro atoms. The van der Waals surface area contributed by atoms with Crippen molar-refractivity contribution in [3.63, 3.8) is 0 Å². The quantitative estimate of drug-likeness (QED) is 0.579. The smallest absolute Gasteiger partial charge is 0.0644 e. The van der Waals surface area contributed by atoms with Crippen LogP contribution in [0.1, 0.15) is 12.8 Å². The second kappa shape index (κ2) is 1.70. The number of nitrogens with one attached hydrogen (secondary N) is 1. The van der Waals surface area contributed by atoms with E-state index in [4.69, 9.17) is 4.74 Å². The second-order valence-electron chi connectivity index (χ2n) is 3.37. The van der Waals surface area contributed by atoms with Gasteiger partial charge in [0.15, 0.2) is 0 Å². The van der Waals surface area contributed by atoms with Gasteiger partial charge in [0.05, 0.1) is 6.61 Å². The molecule has 2 aliphatic heterocycles. The van der Waals surface area contributed by atoms with E-state index in [1.807, 2.05) is 0 Å². The Balaban J connectivity index is 1.95. The highest BCUT2D eigenvalue weighted by atomic mass is 16.5. The lowest BCUT2D eigenvalue weighted by molar-refractivity contribution is 0.0774. The maximum atomic E-state index is 5.10. The SMILES string of the molecule is COCC12CC(CN1)C2. The van der Waals surface area contributed by atoms with Crippen molar-refractivity contribution in [2.75, 3.05) is 20.3 Å². The van der Waals surface area contributed by atoms with Gasteiger partial charge in [0, 0.05) is 12.6 Å². The van der Waals surface area contributed by atoms with Crippen molar-refractivity contribution in [3.8, 4) is 0 Å². The maximum Gasteiger partial charge on any atom is 0.0644 e. The minimum Gasteiger partial charge on any atom is -0.383 e. The fourth-order valence-electron chi connectivity index (χ4n) is 2.14. The molecule has 1 N–H and O–H groups in total. The summed E-state index contributed by atoms with van der Waals surface area (Å²) in [6.45, 7) is 2.13. The van der Waals surface area contributed by atoms with E-state index in [1.54, 1.807) is 7.11 Å². The monoisotopic (exact) mass is 127 g/mol. The van der Waals surface area contributed by atoms with Gasteiger partial charge < -0.3 is 10.1 Å². The van der Waals surface area contributed by atoms with Crippen molar-refractivity contribution in [2.24, 2.45) is 5.92 Å². The number of hydrogen-bond acceptors (Lipinski definition) is 2. The van der Waals surface area contributed by atoms with Crippen LogP contribution in [-0.4, -0.2) is 25.8 Å². The van der Waals surface area contributed by atoms with Gasteiger partial charge in [-0.15, -0.1) is 0 Å². The Bertz CT molecular complexity index is 113. The average Bonchev–Trinajstić information content (AvgIpc) is 2.22. The van der Waals surface area contributed by atoms with Gasteiger partial charge in [-0.25, -0.2) is 0 Å². The van der Waals surface area contributed by atoms with E-state index in [1.165, 1.54) is 19.4 Å². The van der Waals surface area contributed by atoms with Crippen molar-refractivity contribution < 1.29 is 4.74 Å². The summed E-state index contributed by atoms with van der Waals surface area (Å²) >= 11 is 0. The first-order chi connectivity index (χ1) is 4.35. The first kappa shape index (κ1) is 5.69. The molecule has 0 radical (unpaired) electrons. The van der Waals surface area contributed by atoms with E-state index in [-0.39, 0.29) is 0 Å². The number of methoxy groups -OCH3 is 1. The molecule has 3 fully saturated rings. The van der Waals surface area contributed by atoms with Crippen LogP contribution in [0.2, 0.25) is 0 Å². The normalized spacial score (nSPS) is 47.0. The van der Waals surface area contributed by atoms with Crippen molar-refractivity contribution in [1.82, 2.24) is 5.32 Å². The fraction of sp³-hybridized carbons (Fsp3) is 1.00. The van der Waals surface area contributed by atoms with Gasteiger partial charge in [-0.1, -0.05) is 0 Å². The zero-order valence-corrected chi connectivity index (χ0v) is 5.81. The van der Waals surface area contributed by atoms with E-state index < -0.39 is 0 Å². The molecule has 0 aromatic rings. The van der Waals surface area contributed by atoms with E-state index in [0.29, 0.717) is 5.54 Å².